The molecule has 0 amide bonds. The van der Waals surface area contributed by atoms with Gasteiger partial charge in [0.2, 0.25) is 0 Å². The molecule has 0 unspecified atom stereocenters. The number of para-hydroxylation sites is 1. The Morgan fingerprint density at radius 2 is 2.10 bits per heavy atom. The van der Waals surface area contributed by atoms with E-state index in [1.54, 1.807) is 6.20 Å². The van der Waals surface area contributed by atoms with Crippen molar-refractivity contribution in [3.63, 3.8) is 0 Å². The van der Waals surface area contributed by atoms with Crippen LogP contribution in [-0.2, 0) is 0 Å². The smallest absolute Gasteiger partial charge is 0.140 e. The van der Waals surface area contributed by atoms with Crippen molar-refractivity contribution in [3.05, 3.63) is 36.0 Å². The molecule has 5 heteroatoms. The van der Waals surface area contributed by atoms with Crippen molar-refractivity contribution in [2.24, 2.45) is 5.73 Å². The zero-order chi connectivity index (χ0) is 14.5. The minimum absolute atomic E-state index is 0.311. The Kier molecular flexibility index (Phi) is 4.87. The molecule has 106 valence electrons. The van der Waals surface area contributed by atoms with Crippen molar-refractivity contribution in [3.8, 4) is 5.75 Å². The van der Waals surface area contributed by atoms with E-state index in [-0.39, 0.29) is 0 Å². The van der Waals surface area contributed by atoms with Crippen LogP contribution in [0.1, 0.15) is 12.0 Å². The van der Waals surface area contributed by atoms with Crippen LogP contribution in [0.25, 0.3) is 10.9 Å². The Morgan fingerprint density at radius 3 is 2.80 bits per heavy atom. The maximum absolute atomic E-state index is 5.93. The van der Waals surface area contributed by atoms with Gasteiger partial charge in [-0.05, 0) is 32.6 Å². The number of pyridine rings is 1. The zero-order valence-corrected chi connectivity index (χ0v) is 12.6. The summed E-state index contributed by atoms with van der Waals surface area (Å²) in [5.41, 5.74) is 7.34. The van der Waals surface area contributed by atoms with Crippen LogP contribution in [0.3, 0.4) is 0 Å². The molecule has 2 rings (SSSR count). The second-order valence-corrected chi connectivity index (χ2v) is 5.33. The molecule has 4 nitrogen and oxygen atoms in total. The topological polar surface area (TPSA) is 51.4 Å². The first-order valence-electron chi connectivity index (χ1n) is 6.54. The molecule has 0 saturated heterocycles. The van der Waals surface area contributed by atoms with Crippen molar-refractivity contribution in [1.29, 1.82) is 0 Å². The second-order valence-electron chi connectivity index (χ2n) is 4.89. The highest BCUT2D eigenvalue weighted by molar-refractivity contribution is 7.80. The van der Waals surface area contributed by atoms with E-state index < -0.39 is 0 Å². The summed E-state index contributed by atoms with van der Waals surface area (Å²) in [7, 11) is 4.09. The number of fused-ring (bicyclic) bond motifs is 1. The molecule has 2 aromatic rings. The van der Waals surface area contributed by atoms with Crippen LogP contribution in [0.15, 0.2) is 30.5 Å². The Morgan fingerprint density at radius 1 is 1.35 bits per heavy atom. The van der Waals surface area contributed by atoms with E-state index >= 15 is 0 Å². The second kappa shape index (κ2) is 6.63. The first-order valence-corrected chi connectivity index (χ1v) is 6.95. The van der Waals surface area contributed by atoms with Gasteiger partial charge in [-0.2, -0.15) is 0 Å². The zero-order valence-electron chi connectivity index (χ0n) is 11.8. The lowest BCUT2D eigenvalue weighted by Crippen LogP contribution is -2.17. The number of thiocarbonyl (C=S) groups is 1. The van der Waals surface area contributed by atoms with Gasteiger partial charge in [0.1, 0.15) is 10.7 Å². The first kappa shape index (κ1) is 14.7. The molecule has 1 heterocycles. The lowest BCUT2D eigenvalue weighted by Gasteiger charge is -2.14. The summed E-state index contributed by atoms with van der Waals surface area (Å²) in [6.45, 7) is 1.60. The molecule has 20 heavy (non-hydrogen) atoms. The van der Waals surface area contributed by atoms with Gasteiger partial charge in [0, 0.05) is 18.1 Å². The number of hydrogen-bond acceptors (Lipinski definition) is 4. The third-order valence-electron chi connectivity index (χ3n) is 2.99. The van der Waals surface area contributed by atoms with Gasteiger partial charge in [0.15, 0.2) is 0 Å². The van der Waals surface area contributed by atoms with Crippen molar-refractivity contribution in [2.45, 2.75) is 6.42 Å². The van der Waals surface area contributed by atoms with Gasteiger partial charge >= 0.3 is 0 Å². The largest absolute Gasteiger partial charge is 0.492 e. The molecule has 0 aliphatic rings. The molecule has 1 aromatic carbocycles. The summed E-state index contributed by atoms with van der Waals surface area (Å²) in [6, 6.07) is 7.84. The third kappa shape index (κ3) is 3.43. The Labute approximate surface area is 124 Å². The van der Waals surface area contributed by atoms with Gasteiger partial charge in [-0.25, -0.2) is 0 Å². The molecule has 0 spiro atoms. The van der Waals surface area contributed by atoms with Gasteiger partial charge in [0.05, 0.1) is 17.7 Å². The van der Waals surface area contributed by atoms with Crippen LogP contribution in [0.4, 0.5) is 0 Å². The van der Waals surface area contributed by atoms with Gasteiger partial charge in [-0.1, -0.05) is 24.4 Å². The van der Waals surface area contributed by atoms with Crippen molar-refractivity contribution >= 4 is 28.1 Å². The quantitative estimate of drug-likeness (QED) is 0.652. The number of rotatable bonds is 6. The van der Waals surface area contributed by atoms with E-state index in [0.29, 0.717) is 17.2 Å². The number of benzene rings is 1. The van der Waals surface area contributed by atoms with E-state index in [1.165, 1.54) is 0 Å². The van der Waals surface area contributed by atoms with Crippen molar-refractivity contribution in [1.82, 2.24) is 9.88 Å². The highest BCUT2D eigenvalue weighted by Gasteiger charge is 2.12. The van der Waals surface area contributed by atoms with Gasteiger partial charge in [-0.3, -0.25) is 4.98 Å². The van der Waals surface area contributed by atoms with Crippen molar-refractivity contribution < 1.29 is 4.74 Å². The highest BCUT2D eigenvalue weighted by Crippen LogP contribution is 2.28. The fourth-order valence-electron chi connectivity index (χ4n) is 2.00. The lowest BCUT2D eigenvalue weighted by molar-refractivity contribution is 0.283. The maximum atomic E-state index is 5.93. The third-order valence-corrected chi connectivity index (χ3v) is 3.21. The van der Waals surface area contributed by atoms with E-state index in [1.807, 2.05) is 38.4 Å². The molecule has 0 saturated carbocycles. The Balaban J connectivity index is 2.28. The summed E-state index contributed by atoms with van der Waals surface area (Å²) in [5.74, 6) is 0.738. The average molecular weight is 289 g/mol. The minimum atomic E-state index is 0.311. The van der Waals surface area contributed by atoms with Crippen molar-refractivity contribution in [2.75, 3.05) is 27.2 Å². The van der Waals surface area contributed by atoms with Gasteiger partial charge in [0.25, 0.3) is 0 Å². The van der Waals surface area contributed by atoms with Crippen LogP contribution < -0.4 is 10.5 Å². The van der Waals surface area contributed by atoms with Crippen LogP contribution in [0.5, 0.6) is 5.75 Å². The first-order chi connectivity index (χ1) is 9.59. The fourth-order valence-corrected chi connectivity index (χ4v) is 2.15. The summed E-state index contributed by atoms with van der Waals surface area (Å²) >= 11 is 5.08. The minimum Gasteiger partial charge on any atom is -0.492 e. The SMILES string of the molecule is CN(C)CCCOc1c(C(N)=S)cnc2ccccc12. The average Bonchev–Trinajstić information content (AvgIpc) is 2.42. The number of ether oxygens (including phenoxy) is 1. The molecule has 0 bridgehead atoms. The molecule has 2 N–H and O–H groups in total. The van der Waals surface area contributed by atoms with E-state index in [4.69, 9.17) is 22.7 Å². The van der Waals surface area contributed by atoms with Crippen LogP contribution in [0, 0.1) is 0 Å². The summed E-state index contributed by atoms with van der Waals surface area (Å²) < 4.78 is 5.93. The van der Waals surface area contributed by atoms with Crippen LogP contribution >= 0.6 is 12.2 Å². The molecule has 0 aliphatic carbocycles. The monoisotopic (exact) mass is 289 g/mol. The van der Waals surface area contributed by atoms with E-state index in [0.717, 1.165) is 29.6 Å². The Hall–Kier alpha value is -1.72. The normalized spacial score (nSPS) is 10.9. The van der Waals surface area contributed by atoms with Crippen LogP contribution in [-0.4, -0.2) is 42.1 Å². The maximum Gasteiger partial charge on any atom is 0.140 e. The number of aromatic nitrogens is 1. The molecule has 0 atom stereocenters. The lowest BCUT2D eigenvalue weighted by atomic mass is 10.1. The number of hydrogen-bond donors (Lipinski definition) is 1. The highest BCUT2D eigenvalue weighted by atomic mass is 32.1. The number of nitrogens with zero attached hydrogens (tertiary/aromatic N) is 2. The fraction of sp³-hybridized carbons (Fsp3) is 0.333. The van der Waals surface area contributed by atoms with Gasteiger partial charge in [-0.15, -0.1) is 0 Å². The summed E-state index contributed by atoms with van der Waals surface area (Å²) in [5, 5.41) is 0.947. The molecule has 0 radical (unpaired) electrons. The Bertz CT molecular complexity index is 613. The van der Waals surface area contributed by atoms with Gasteiger partial charge < -0.3 is 15.4 Å². The molecule has 0 aliphatic heterocycles. The molecule has 0 fully saturated rings. The predicted molar refractivity (Wildman–Crippen MR) is 86.3 cm³/mol. The molecule has 1 aromatic heterocycles. The summed E-state index contributed by atoms with van der Waals surface area (Å²) in [6.07, 6.45) is 2.63. The van der Waals surface area contributed by atoms with E-state index in [9.17, 15) is 0 Å². The standard InChI is InChI=1S/C15H19N3OS/c1-18(2)8-5-9-19-14-11-6-3-4-7-13(11)17-10-12(14)15(16)20/h3-4,6-7,10H,5,8-9H2,1-2H3,(H2,16,20). The number of nitrogens with two attached hydrogens (primary N) is 1. The van der Waals surface area contributed by atoms with E-state index in [2.05, 4.69) is 9.88 Å². The predicted octanol–water partition coefficient (Wildman–Crippen LogP) is 2.20. The molecular formula is C15H19N3OS. The molecular weight excluding hydrogens is 270 g/mol. The van der Waals surface area contributed by atoms with Crippen LogP contribution in [0.2, 0.25) is 0 Å². The summed E-state index contributed by atoms with van der Waals surface area (Å²) in [4.78, 5) is 6.80.